The summed E-state index contributed by atoms with van der Waals surface area (Å²) < 4.78 is 7.30. The Morgan fingerprint density at radius 3 is 2.29 bits per heavy atom. The zero-order valence-corrected chi connectivity index (χ0v) is 18.9. The van der Waals surface area contributed by atoms with Crippen LogP contribution in [0.25, 0.3) is 0 Å². The van der Waals surface area contributed by atoms with E-state index in [2.05, 4.69) is 63.3 Å². The molecule has 0 saturated carbocycles. The summed E-state index contributed by atoms with van der Waals surface area (Å²) in [5, 5.41) is 9.41. The summed E-state index contributed by atoms with van der Waals surface area (Å²) >= 11 is 3.53. The van der Waals surface area contributed by atoms with Crippen LogP contribution in [0.2, 0.25) is 0 Å². The van der Waals surface area contributed by atoms with Gasteiger partial charge in [-0.1, -0.05) is 76.6 Å². The van der Waals surface area contributed by atoms with E-state index in [0.717, 1.165) is 34.4 Å². The van der Waals surface area contributed by atoms with Crippen LogP contribution in [0.5, 0.6) is 5.75 Å². The van der Waals surface area contributed by atoms with Crippen molar-refractivity contribution >= 4 is 21.9 Å². The number of piperidine rings is 1. The second-order valence-electron chi connectivity index (χ2n) is 7.91. The number of hydrogen-bond acceptors (Lipinski definition) is 3. The van der Waals surface area contributed by atoms with Gasteiger partial charge in [-0.3, -0.25) is 9.69 Å². The second kappa shape index (κ2) is 10.1. The fraction of sp³-hybridized carbons (Fsp3) is 0.269. The molecule has 0 spiro atoms. The Balaban J connectivity index is 1.64. The molecule has 0 aromatic heterocycles. The molecule has 1 aliphatic rings. The summed E-state index contributed by atoms with van der Waals surface area (Å²) in [5.41, 5.74) is 3.40. The van der Waals surface area contributed by atoms with E-state index < -0.39 is 5.97 Å². The Morgan fingerprint density at radius 2 is 1.61 bits per heavy atom. The number of likely N-dealkylation sites (tertiary alicyclic amines) is 1. The molecule has 1 fully saturated rings. The third-order valence-corrected chi connectivity index (χ3v) is 6.41. The average Bonchev–Trinajstić information content (AvgIpc) is 2.81. The number of halogens is 1. The van der Waals surface area contributed by atoms with E-state index in [9.17, 15) is 9.90 Å². The van der Waals surface area contributed by atoms with Crippen molar-refractivity contribution in [2.45, 2.75) is 25.5 Å². The van der Waals surface area contributed by atoms with Crippen LogP contribution in [0.15, 0.2) is 83.3 Å². The highest BCUT2D eigenvalue weighted by atomic mass is 79.9. The maximum Gasteiger partial charge on any atom is 0.306 e. The molecule has 0 radical (unpaired) electrons. The van der Waals surface area contributed by atoms with Crippen LogP contribution >= 0.6 is 15.9 Å². The number of nitrogens with zero attached hydrogens (tertiary/aromatic N) is 1. The van der Waals surface area contributed by atoms with Gasteiger partial charge in [-0.2, -0.15) is 0 Å². The summed E-state index contributed by atoms with van der Waals surface area (Å²) in [5.74, 6) is -0.0857. The highest BCUT2D eigenvalue weighted by molar-refractivity contribution is 9.10. The quantitative estimate of drug-likeness (QED) is 0.457. The van der Waals surface area contributed by atoms with Gasteiger partial charge in [-0.25, -0.2) is 0 Å². The molecule has 0 amide bonds. The summed E-state index contributed by atoms with van der Waals surface area (Å²) in [4.78, 5) is 13.8. The van der Waals surface area contributed by atoms with E-state index in [-0.39, 0.29) is 12.0 Å². The molecular weight excluding hydrogens is 454 g/mol. The molecule has 1 heterocycles. The van der Waals surface area contributed by atoms with Gasteiger partial charge in [0.05, 0.1) is 12.0 Å². The number of benzene rings is 3. The van der Waals surface area contributed by atoms with Crippen LogP contribution in [0, 0.1) is 5.92 Å². The van der Waals surface area contributed by atoms with Crippen molar-refractivity contribution in [2.24, 2.45) is 5.92 Å². The predicted molar refractivity (Wildman–Crippen MR) is 125 cm³/mol. The molecule has 31 heavy (non-hydrogen) atoms. The monoisotopic (exact) mass is 479 g/mol. The van der Waals surface area contributed by atoms with E-state index >= 15 is 0 Å². The second-order valence-corrected chi connectivity index (χ2v) is 8.83. The van der Waals surface area contributed by atoms with Crippen LogP contribution in [-0.4, -0.2) is 29.1 Å². The smallest absolute Gasteiger partial charge is 0.306 e. The third kappa shape index (κ3) is 5.35. The first-order valence-electron chi connectivity index (χ1n) is 10.6. The van der Waals surface area contributed by atoms with Crippen LogP contribution in [0.1, 0.15) is 35.6 Å². The van der Waals surface area contributed by atoms with E-state index in [1.54, 1.807) is 0 Å². The van der Waals surface area contributed by atoms with E-state index in [0.29, 0.717) is 19.4 Å². The Bertz CT molecular complexity index is 999. The van der Waals surface area contributed by atoms with Crippen LogP contribution in [0.4, 0.5) is 0 Å². The molecule has 1 saturated heterocycles. The Morgan fingerprint density at radius 1 is 0.968 bits per heavy atom. The standard InChI is InChI=1S/C26H26BrNO3/c27-22-12-10-20(11-13-22)25(28-16-14-21(15-17-28)26(29)30)23-8-4-5-9-24(23)31-18-19-6-2-1-3-7-19/h1-13,21,25H,14-18H2,(H,29,30). The first-order valence-corrected chi connectivity index (χ1v) is 11.4. The molecule has 1 aliphatic heterocycles. The maximum absolute atomic E-state index is 11.4. The number of aliphatic carboxylic acids is 1. The van der Waals surface area contributed by atoms with Gasteiger partial charge in [-0.15, -0.1) is 0 Å². The molecule has 0 aliphatic carbocycles. The van der Waals surface area contributed by atoms with E-state index in [1.807, 2.05) is 36.4 Å². The van der Waals surface area contributed by atoms with E-state index in [4.69, 9.17) is 4.74 Å². The molecule has 1 unspecified atom stereocenters. The molecule has 3 aromatic carbocycles. The van der Waals surface area contributed by atoms with Gasteiger partial charge >= 0.3 is 5.97 Å². The molecule has 4 rings (SSSR count). The van der Waals surface area contributed by atoms with Crippen molar-refractivity contribution in [1.29, 1.82) is 0 Å². The minimum absolute atomic E-state index is 0.00909. The topological polar surface area (TPSA) is 49.8 Å². The molecule has 0 bridgehead atoms. The number of carboxylic acids is 1. The van der Waals surface area contributed by atoms with Crippen LogP contribution in [0.3, 0.4) is 0 Å². The fourth-order valence-corrected chi connectivity index (χ4v) is 4.47. The van der Waals surface area contributed by atoms with Gasteiger partial charge in [0, 0.05) is 10.0 Å². The minimum atomic E-state index is -0.688. The lowest BCUT2D eigenvalue weighted by Gasteiger charge is -2.37. The molecule has 1 N–H and O–H groups in total. The van der Waals surface area contributed by atoms with Crippen molar-refractivity contribution in [3.8, 4) is 5.75 Å². The molecule has 160 valence electrons. The molecule has 4 nitrogen and oxygen atoms in total. The van der Waals surface area contributed by atoms with Crippen LogP contribution < -0.4 is 4.74 Å². The summed E-state index contributed by atoms with van der Waals surface area (Å²) in [7, 11) is 0. The third-order valence-electron chi connectivity index (χ3n) is 5.88. The van der Waals surface area contributed by atoms with Crippen molar-refractivity contribution in [3.63, 3.8) is 0 Å². The lowest BCUT2D eigenvalue weighted by atomic mass is 9.91. The number of ether oxygens (including phenoxy) is 1. The first-order chi connectivity index (χ1) is 15.1. The fourth-order valence-electron chi connectivity index (χ4n) is 4.21. The van der Waals surface area contributed by atoms with Gasteiger partial charge in [0.2, 0.25) is 0 Å². The SMILES string of the molecule is O=C(O)C1CCN(C(c2ccc(Br)cc2)c2ccccc2OCc2ccccc2)CC1. The number of rotatable bonds is 7. The van der Waals surface area contributed by atoms with Gasteiger partial charge in [0.15, 0.2) is 0 Å². The zero-order chi connectivity index (χ0) is 21.6. The largest absolute Gasteiger partial charge is 0.489 e. The van der Waals surface area contributed by atoms with Gasteiger partial charge in [0.25, 0.3) is 0 Å². The Hall–Kier alpha value is -2.63. The number of hydrogen-bond donors (Lipinski definition) is 1. The highest BCUT2D eigenvalue weighted by Crippen LogP contribution is 2.37. The maximum atomic E-state index is 11.4. The van der Waals surface area contributed by atoms with Gasteiger partial charge in [-0.05, 0) is 55.3 Å². The summed E-state index contributed by atoms with van der Waals surface area (Å²) in [6.45, 7) is 1.99. The van der Waals surface area contributed by atoms with Gasteiger partial charge in [0.1, 0.15) is 12.4 Å². The summed E-state index contributed by atoms with van der Waals surface area (Å²) in [6.07, 6.45) is 1.32. The van der Waals surface area contributed by atoms with Crippen molar-refractivity contribution < 1.29 is 14.6 Å². The Kier molecular flexibility index (Phi) is 7.05. The molecule has 3 aromatic rings. The van der Waals surface area contributed by atoms with Crippen molar-refractivity contribution in [1.82, 2.24) is 4.90 Å². The van der Waals surface area contributed by atoms with Crippen molar-refractivity contribution in [2.75, 3.05) is 13.1 Å². The van der Waals surface area contributed by atoms with E-state index in [1.165, 1.54) is 5.56 Å². The Labute approximate surface area is 191 Å². The minimum Gasteiger partial charge on any atom is -0.489 e. The summed E-state index contributed by atoms with van der Waals surface area (Å²) in [6, 6.07) is 26.7. The number of para-hydroxylation sites is 1. The number of carbonyl (C=O) groups is 1. The average molecular weight is 480 g/mol. The lowest BCUT2D eigenvalue weighted by Crippen LogP contribution is -2.39. The first kappa shape index (κ1) is 21.6. The highest BCUT2D eigenvalue weighted by Gasteiger charge is 2.31. The lowest BCUT2D eigenvalue weighted by molar-refractivity contribution is -0.143. The molecular formula is C26H26BrNO3. The predicted octanol–water partition coefficient (Wildman–Crippen LogP) is 5.91. The van der Waals surface area contributed by atoms with Crippen molar-refractivity contribution in [3.05, 3.63) is 100 Å². The normalized spacial score (nSPS) is 16.0. The van der Waals surface area contributed by atoms with Crippen LogP contribution in [-0.2, 0) is 11.4 Å². The zero-order valence-electron chi connectivity index (χ0n) is 17.3. The molecule has 5 heteroatoms. The molecule has 1 atom stereocenters. The van der Waals surface area contributed by atoms with Gasteiger partial charge < -0.3 is 9.84 Å². The number of carboxylic acid groups (broad SMARTS) is 1.